The summed E-state index contributed by atoms with van der Waals surface area (Å²) in [6, 6.07) is 13.1. The Kier molecular flexibility index (Phi) is 8.11. The number of carbonyl (C=O) groups excluding carboxylic acids is 1. The summed E-state index contributed by atoms with van der Waals surface area (Å²) in [6.07, 6.45) is 2.64. The molecule has 180 valence electrons. The van der Waals surface area contributed by atoms with Crippen LogP contribution >= 0.6 is 0 Å². The molecule has 34 heavy (non-hydrogen) atoms. The van der Waals surface area contributed by atoms with Crippen molar-refractivity contribution in [3.05, 3.63) is 66.1 Å². The van der Waals surface area contributed by atoms with Crippen molar-refractivity contribution in [2.75, 3.05) is 44.8 Å². The van der Waals surface area contributed by atoms with Gasteiger partial charge in [0.15, 0.2) is 0 Å². The Bertz CT molecular complexity index is 1080. The summed E-state index contributed by atoms with van der Waals surface area (Å²) >= 11 is 0. The van der Waals surface area contributed by atoms with E-state index in [1.54, 1.807) is 23.0 Å². The number of hydrogen-bond acceptors (Lipinski definition) is 5. The largest absolute Gasteiger partial charge is 0.493 e. The standard InChI is InChI=1S/C25H30FN5O3/c1-30-23(9-10-28-30)22-17-21(29-25(32)27-18-19-3-5-20(26)6-4-19)7-8-24(22)34-14-2-11-31-12-15-33-16-13-31/h3-10,17H,2,11-16,18H2,1H3,(H2,27,29,32). The molecule has 4 rings (SSSR count). The molecule has 1 fully saturated rings. The second-order valence-electron chi connectivity index (χ2n) is 8.14. The highest BCUT2D eigenvalue weighted by atomic mass is 19.1. The first kappa shape index (κ1) is 23.7. The van der Waals surface area contributed by atoms with E-state index in [-0.39, 0.29) is 11.8 Å². The molecule has 0 saturated carbocycles. The molecule has 3 aromatic rings. The lowest BCUT2D eigenvalue weighted by molar-refractivity contribution is 0.0358. The highest BCUT2D eigenvalue weighted by molar-refractivity contribution is 5.90. The zero-order chi connectivity index (χ0) is 23.8. The number of anilines is 1. The van der Waals surface area contributed by atoms with E-state index >= 15 is 0 Å². The number of benzene rings is 2. The summed E-state index contributed by atoms with van der Waals surface area (Å²) in [5.41, 5.74) is 3.18. The molecule has 2 heterocycles. The second kappa shape index (κ2) is 11.6. The van der Waals surface area contributed by atoms with Crippen molar-refractivity contribution in [3.63, 3.8) is 0 Å². The number of nitrogens with one attached hydrogen (secondary N) is 2. The Morgan fingerprint density at radius 2 is 1.94 bits per heavy atom. The van der Waals surface area contributed by atoms with Crippen LogP contribution in [0.4, 0.5) is 14.9 Å². The normalized spacial score (nSPS) is 14.1. The summed E-state index contributed by atoms with van der Waals surface area (Å²) in [7, 11) is 1.87. The molecule has 1 aromatic heterocycles. The second-order valence-corrected chi connectivity index (χ2v) is 8.14. The van der Waals surface area contributed by atoms with Gasteiger partial charge < -0.3 is 20.1 Å². The molecule has 0 radical (unpaired) electrons. The maximum atomic E-state index is 13.0. The summed E-state index contributed by atoms with van der Waals surface area (Å²) in [4.78, 5) is 14.8. The van der Waals surface area contributed by atoms with E-state index in [4.69, 9.17) is 9.47 Å². The lowest BCUT2D eigenvalue weighted by Gasteiger charge is -2.26. The van der Waals surface area contributed by atoms with Gasteiger partial charge in [0.05, 0.1) is 25.5 Å². The van der Waals surface area contributed by atoms with E-state index in [9.17, 15) is 9.18 Å². The molecule has 0 spiro atoms. The molecule has 0 bridgehead atoms. The van der Waals surface area contributed by atoms with Crippen LogP contribution in [-0.4, -0.2) is 60.2 Å². The third-order valence-corrected chi connectivity index (χ3v) is 5.68. The van der Waals surface area contributed by atoms with Crippen LogP contribution in [-0.2, 0) is 18.3 Å². The van der Waals surface area contributed by atoms with Crippen LogP contribution in [0.5, 0.6) is 5.75 Å². The zero-order valence-electron chi connectivity index (χ0n) is 19.3. The number of hydrogen-bond donors (Lipinski definition) is 2. The van der Waals surface area contributed by atoms with Crippen LogP contribution < -0.4 is 15.4 Å². The Balaban J connectivity index is 1.37. The van der Waals surface area contributed by atoms with Crippen LogP contribution in [0.3, 0.4) is 0 Å². The summed E-state index contributed by atoms with van der Waals surface area (Å²) < 4.78 is 26.3. The molecular weight excluding hydrogens is 437 g/mol. The van der Waals surface area contributed by atoms with E-state index in [0.717, 1.165) is 61.8 Å². The van der Waals surface area contributed by atoms with Crippen molar-refractivity contribution < 1.29 is 18.7 Å². The first-order chi connectivity index (χ1) is 16.6. The Labute approximate surface area is 198 Å². The number of rotatable bonds is 9. The number of aromatic nitrogens is 2. The maximum Gasteiger partial charge on any atom is 0.319 e. The number of aryl methyl sites for hydroxylation is 1. The van der Waals surface area contributed by atoms with Gasteiger partial charge in [0.2, 0.25) is 0 Å². The van der Waals surface area contributed by atoms with E-state index in [0.29, 0.717) is 18.8 Å². The summed E-state index contributed by atoms with van der Waals surface area (Å²) in [6.45, 7) is 5.36. The van der Waals surface area contributed by atoms with Crippen molar-refractivity contribution in [3.8, 4) is 17.0 Å². The van der Waals surface area contributed by atoms with Crippen LogP contribution in [0.15, 0.2) is 54.7 Å². The number of ether oxygens (including phenoxy) is 2. The number of amides is 2. The molecule has 9 heteroatoms. The Morgan fingerprint density at radius 1 is 1.15 bits per heavy atom. The molecule has 0 aliphatic carbocycles. The van der Waals surface area contributed by atoms with E-state index < -0.39 is 0 Å². The topological polar surface area (TPSA) is 80.7 Å². The monoisotopic (exact) mass is 467 g/mol. The highest BCUT2D eigenvalue weighted by Gasteiger charge is 2.14. The first-order valence-electron chi connectivity index (χ1n) is 11.4. The van der Waals surface area contributed by atoms with Gasteiger partial charge in [0.25, 0.3) is 0 Å². The van der Waals surface area contributed by atoms with Crippen LogP contribution in [0, 0.1) is 5.82 Å². The van der Waals surface area contributed by atoms with Crippen molar-refractivity contribution in [2.24, 2.45) is 7.05 Å². The fraction of sp³-hybridized carbons (Fsp3) is 0.360. The number of urea groups is 1. The van der Waals surface area contributed by atoms with Crippen molar-refractivity contribution >= 4 is 11.7 Å². The van der Waals surface area contributed by atoms with Gasteiger partial charge in [-0.3, -0.25) is 9.58 Å². The molecule has 0 atom stereocenters. The lowest BCUT2D eigenvalue weighted by atomic mass is 10.1. The Hall–Kier alpha value is -3.43. The van der Waals surface area contributed by atoms with Crippen LogP contribution in [0.2, 0.25) is 0 Å². The lowest BCUT2D eigenvalue weighted by Crippen LogP contribution is -2.37. The van der Waals surface area contributed by atoms with Gasteiger partial charge in [-0.1, -0.05) is 12.1 Å². The summed E-state index contributed by atoms with van der Waals surface area (Å²) in [5.74, 6) is 0.433. The van der Waals surface area contributed by atoms with Crippen LogP contribution in [0.1, 0.15) is 12.0 Å². The third kappa shape index (κ3) is 6.55. The van der Waals surface area contributed by atoms with Gasteiger partial charge in [0, 0.05) is 50.7 Å². The Morgan fingerprint density at radius 3 is 2.68 bits per heavy atom. The third-order valence-electron chi connectivity index (χ3n) is 5.68. The van der Waals surface area contributed by atoms with Crippen molar-refractivity contribution in [1.29, 1.82) is 0 Å². The predicted octanol–water partition coefficient (Wildman–Crippen LogP) is 3.65. The van der Waals surface area contributed by atoms with Gasteiger partial charge in [-0.15, -0.1) is 0 Å². The average molecular weight is 468 g/mol. The van der Waals surface area contributed by atoms with Crippen molar-refractivity contribution in [1.82, 2.24) is 20.0 Å². The number of nitrogens with zero attached hydrogens (tertiary/aromatic N) is 3. The quantitative estimate of drug-likeness (QED) is 0.470. The maximum absolute atomic E-state index is 13.0. The molecule has 1 aliphatic rings. The van der Waals surface area contributed by atoms with Gasteiger partial charge in [0.1, 0.15) is 11.6 Å². The molecule has 8 nitrogen and oxygen atoms in total. The number of carbonyl (C=O) groups is 1. The first-order valence-corrected chi connectivity index (χ1v) is 11.4. The zero-order valence-corrected chi connectivity index (χ0v) is 19.3. The van der Waals surface area contributed by atoms with Gasteiger partial charge in [-0.25, -0.2) is 9.18 Å². The fourth-order valence-electron chi connectivity index (χ4n) is 3.83. The minimum atomic E-state index is -0.348. The van der Waals surface area contributed by atoms with Gasteiger partial charge in [-0.2, -0.15) is 5.10 Å². The number of morpholine rings is 1. The van der Waals surface area contributed by atoms with Gasteiger partial charge in [-0.05, 0) is 48.4 Å². The molecule has 1 aliphatic heterocycles. The molecule has 2 amide bonds. The van der Waals surface area contributed by atoms with Gasteiger partial charge >= 0.3 is 6.03 Å². The number of halogens is 1. The molecule has 2 aromatic carbocycles. The highest BCUT2D eigenvalue weighted by Crippen LogP contribution is 2.32. The predicted molar refractivity (Wildman–Crippen MR) is 128 cm³/mol. The molecule has 1 saturated heterocycles. The molecule has 2 N–H and O–H groups in total. The average Bonchev–Trinajstić information content (AvgIpc) is 3.28. The van der Waals surface area contributed by atoms with Crippen molar-refractivity contribution in [2.45, 2.75) is 13.0 Å². The minimum absolute atomic E-state index is 0.297. The minimum Gasteiger partial charge on any atom is -0.493 e. The summed E-state index contributed by atoms with van der Waals surface area (Å²) in [5, 5.41) is 9.91. The van der Waals surface area contributed by atoms with E-state index in [2.05, 4.69) is 20.6 Å². The fourth-order valence-corrected chi connectivity index (χ4v) is 3.83. The van der Waals surface area contributed by atoms with E-state index in [1.807, 2.05) is 31.3 Å². The molecule has 0 unspecified atom stereocenters. The van der Waals surface area contributed by atoms with Crippen LogP contribution in [0.25, 0.3) is 11.3 Å². The smallest absolute Gasteiger partial charge is 0.319 e. The molecular formula is C25H30FN5O3. The van der Waals surface area contributed by atoms with E-state index in [1.165, 1.54) is 12.1 Å². The SMILES string of the molecule is Cn1nccc1-c1cc(NC(=O)NCc2ccc(F)cc2)ccc1OCCCN1CCOCC1.